The minimum atomic E-state index is -0.255. The summed E-state index contributed by atoms with van der Waals surface area (Å²) in [7, 11) is 1.70. The molecule has 0 unspecified atom stereocenters. The Hall–Kier alpha value is -2.87. The number of anilines is 2. The molecular formula is C18H23N5O3. The third kappa shape index (κ3) is 4.82. The second kappa shape index (κ2) is 8.48. The molecule has 0 radical (unpaired) electrons. The van der Waals surface area contributed by atoms with Crippen molar-refractivity contribution in [3.05, 3.63) is 42.2 Å². The summed E-state index contributed by atoms with van der Waals surface area (Å²) in [5, 5.41) is 2.87. The van der Waals surface area contributed by atoms with Gasteiger partial charge in [0.25, 0.3) is 0 Å². The molecule has 1 aliphatic heterocycles. The Morgan fingerprint density at radius 3 is 2.88 bits per heavy atom. The standard InChI is InChI=1S/C18H23N5O3/c1-23(11-13-9-20-17(19)21-10-13)18(24)22-15-6-2-3-7-16(15)26-12-14-5-4-8-25-14/h2-3,6-7,9-10,14H,4-5,8,11-12H2,1H3,(H,22,24)(H2,19,20,21)/t14-/m0/s1. The van der Waals surface area contributed by atoms with Gasteiger partial charge < -0.3 is 25.4 Å². The van der Waals surface area contributed by atoms with E-state index in [1.54, 1.807) is 19.4 Å². The summed E-state index contributed by atoms with van der Waals surface area (Å²) >= 11 is 0. The SMILES string of the molecule is CN(Cc1cnc(N)nc1)C(=O)Nc1ccccc1OC[C@@H]1CCCO1. The topological polar surface area (TPSA) is 103 Å². The minimum Gasteiger partial charge on any atom is -0.489 e. The molecule has 0 saturated carbocycles. The number of carbonyl (C=O) groups excluding carboxylic acids is 1. The van der Waals surface area contributed by atoms with E-state index in [2.05, 4.69) is 15.3 Å². The van der Waals surface area contributed by atoms with E-state index in [0.717, 1.165) is 25.0 Å². The van der Waals surface area contributed by atoms with E-state index in [-0.39, 0.29) is 18.1 Å². The molecule has 8 nitrogen and oxygen atoms in total. The summed E-state index contributed by atoms with van der Waals surface area (Å²) in [5.41, 5.74) is 6.88. The molecule has 2 amide bonds. The lowest BCUT2D eigenvalue weighted by molar-refractivity contribution is 0.0682. The van der Waals surface area contributed by atoms with Gasteiger partial charge in [0.05, 0.1) is 18.3 Å². The Bertz CT molecular complexity index is 732. The van der Waals surface area contributed by atoms with Crippen molar-refractivity contribution in [3.63, 3.8) is 0 Å². The van der Waals surface area contributed by atoms with Crippen LogP contribution in [0.2, 0.25) is 0 Å². The van der Waals surface area contributed by atoms with Crippen LogP contribution in [-0.2, 0) is 11.3 Å². The van der Waals surface area contributed by atoms with Gasteiger partial charge in [0.2, 0.25) is 5.95 Å². The van der Waals surface area contributed by atoms with E-state index in [9.17, 15) is 4.79 Å². The van der Waals surface area contributed by atoms with Crippen LogP contribution in [0.4, 0.5) is 16.4 Å². The monoisotopic (exact) mass is 357 g/mol. The lowest BCUT2D eigenvalue weighted by atomic mass is 10.2. The summed E-state index contributed by atoms with van der Waals surface area (Å²) in [6.45, 7) is 1.63. The number of nitrogens with one attached hydrogen (secondary N) is 1. The quantitative estimate of drug-likeness (QED) is 0.822. The first-order valence-corrected chi connectivity index (χ1v) is 8.54. The third-order valence-electron chi connectivity index (χ3n) is 4.07. The van der Waals surface area contributed by atoms with E-state index in [1.807, 2.05) is 24.3 Å². The summed E-state index contributed by atoms with van der Waals surface area (Å²) in [6, 6.07) is 7.11. The molecule has 138 valence electrons. The fourth-order valence-electron chi connectivity index (χ4n) is 2.66. The molecular weight excluding hydrogens is 334 g/mol. The van der Waals surface area contributed by atoms with Crippen molar-refractivity contribution in [3.8, 4) is 5.75 Å². The zero-order valence-electron chi connectivity index (χ0n) is 14.7. The van der Waals surface area contributed by atoms with Gasteiger partial charge >= 0.3 is 6.03 Å². The van der Waals surface area contributed by atoms with Crippen molar-refractivity contribution in [2.24, 2.45) is 0 Å². The number of amides is 2. The number of rotatable bonds is 6. The van der Waals surface area contributed by atoms with Crippen LogP contribution in [0.3, 0.4) is 0 Å². The van der Waals surface area contributed by atoms with Gasteiger partial charge in [0, 0.05) is 31.6 Å². The average Bonchev–Trinajstić information content (AvgIpc) is 3.16. The summed E-state index contributed by atoms with van der Waals surface area (Å²) in [6.07, 6.45) is 5.38. The molecule has 0 spiro atoms. The van der Waals surface area contributed by atoms with Crippen LogP contribution in [0.25, 0.3) is 0 Å². The zero-order chi connectivity index (χ0) is 18.4. The molecule has 1 saturated heterocycles. The zero-order valence-corrected chi connectivity index (χ0v) is 14.7. The Balaban J connectivity index is 1.58. The van der Waals surface area contributed by atoms with E-state index in [1.165, 1.54) is 4.90 Å². The van der Waals surface area contributed by atoms with Gasteiger partial charge in [-0.3, -0.25) is 0 Å². The molecule has 26 heavy (non-hydrogen) atoms. The van der Waals surface area contributed by atoms with Gasteiger partial charge in [0.1, 0.15) is 12.4 Å². The van der Waals surface area contributed by atoms with Crippen molar-refractivity contribution >= 4 is 17.7 Å². The lowest BCUT2D eigenvalue weighted by Gasteiger charge is -2.20. The maximum Gasteiger partial charge on any atom is 0.321 e. The predicted octanol–water partition coefficient (Wildman–Crippen LogP) is 2.28. The van der Waals surface area contributed by atoms with Crippen LogP contribution in [0.1, 0.15) is 18.4 Å². The molecule has 3 rings (SSSR count). The summed E-state index contributed by atoms with van der Waals surface area (Å²) in [5.74, 6) is 0.832. The minimum absolute atomic E-state index is 0.118. The number of aromatic nitrogens is 2. The van der Waals surface area contributed by atoms with Crippen LogP contribution in [0.5, 0.6) is 5.75 Å². The highest BCUT2D eigenvalue weighted by atomic mass is 16.5. The Kier molecular flexibility index (Phi) is 5.85. The molecule has 8 heteroatoms. The maximum atomic E-state index is 12.5. The van der Waals surface area contributed by atoms with E-state index in [4.69, 9.17) is 15.2 Å². The van der Waals surface area contributed by atoms with Crippen molar-refractivity contribution in [1.29, 1.82) is 0 Å². The van der Waals surface area contributed by atoms with Gasteiger partial charge in [-0.1, -0.05) is 12.1 Å². The summed E-state index contributed by atoms with van der Waals surface area (Å²) in [4.78, 5) is 21.9. The van der Waals surface area contributed by atoms with Crippen LogP contribution >= 0.6 is 0 Å². The number of para-hydroxylation sites is 2. The molecule has 1 fully saturated rings. The highest BCUT2D eigenvalue weighted by molar-refractivity contribution is 5.90. The Morgan fingerprint density at radius 2 is 2.15 bits per heavy atom. The fourth-order valence-corrected chi connectivity index (χ4v) is 2.66. The van der Waals surface area contributed by atoms with Gasteiger partial charge in [-0.05, 0) is 25.0 Å². The molecule has 1 aliphatic rings. The first-order valence-electron chi connectivity index (χ1n) is 8.54. The molecule has 2 aromatic rings. The van der Waals surface area contributed by atoms with Crippen LogP contribution in [0.15, 0.2) is 36.7 Å². The highest BCUT2D eigenvalue weighted by Gasteiger charge is 2.17. The van der Waals surface area contributed by atoms with Crippen molar-refractivity contribution in [2.75, 3.05) is 31.3 Å². The molecule has 1 atom stereocenters. The normalized spacial score (nSPS) is 16.3. The smallest absolute Gasteiger partial charge is 0.321 e. The molecule has 0 aliphatic carbocycles. The Labute approximate surface area is 152 Å². The van der Waals surface area contributed by atoms with E-state index < -0.39 is 0 Å². The first kappa shape index (κ1) is 17.9. The van der Waals surface area contributed by atoms with E-state index in [0.29, 0.717) is 24.6 Å². The number of carbonyl (C=O) groups is 1. The highest BCUT2D eigenvalue weighted by Crippen LogP contribution is 2.25. The van der Waals surface area contributed by atoms with Crippen molar-refractivity contribution in [2.45, 2.75) is 25.5 Å². The number of ether oxygens (including phenoxy) is 2. The van der Waals surface area contributed by atoms with E-state index >= 15 is 0 Å². The van der Waals surface area contributed by atoms with Gasteiger partial charge in [0.15, 0.2) is 0 Å². The molecule has 1 aromatic carbocycles. The number of nitrogens with zero attached hydrogens (tertiary/aromatic N) is 3. The van der Waals surface area contributed by atoms with Gasteiger partial charge in [-0.15, -0.1) is 0 Å². The number of nitrogen functional groups attached to an aromatic ring is 1. The lowest BCUT2D eigenvalue weighted by Crippen LogP contribution is -2.31. The van der Waals surface area contributed by atoms with Crippen LogP contribution in [-0.4, -0.2) is 47.3 Å². The maximum absolute atomic E-state index is 12.5. The summed E-state index contributed by atoms with van der Waals surface area (Å²) < 4.78 is 11.4. The van der Waals surface area contributed by atoms with Crippen LogP contribution in [0, 0.1) is 0 Å². The van der Waals surface area contributed by atoms with Crippen molar-refractivity contribution < 1.29 is 14.3 Å². The number of benzene rings is 1. The number of hydrogen-bond donors (Lipinski definition) is 2. The molecule has 0 bridgehead atoms. The third-order valence-corrected chi connectivity index (χ3v) is 4.07. The average molecular weight is 357 g/mol. The Morgan fingerprint density at radius 1 is 1.38 bits per heavy atom. The van der Waals surface area contributed by atoms with Crippen molar-refractivity contribution in [1.82, 2.24) is 14.9 Å². The van der Waals surface area contributed by atoms with Crippen LogP contribution < -0.4 is 15.8 Å². The van der Waals surface area contributed by atoms with Gasteiger partial charge in [-0.25, -0.2) is 14.8 Å². The second-order valence-electron chi connectivity index (χ2n) is 6.18. The fraction of sp³-hybridized carbons (Fsp3) is 0.389. The van der Waals surface area contributed by atoms with Gasteiger partial charge in [-0.2, -0.15) is 0 Å². The largest absolute Gasteiger partial charge is 0.489 e. The second-order valence-corrected chi connectivity index (χ2v) is 6.18. The first-order chi connectivity index (χ1) is 12.6. The molecule has 2 heterocycles. The number of nitrogens with two attached hydrogens (primary N) is 1. The predicted molar refractivity (Wildman–Crippen MR) is 97.8 cm³/mol. The molecule has 3 N–H and O–H groups in total. The molecule has 1 aromatic heterocycles. The number of hydrogen-bond acceptors (Lipinski definition) is 6. The number of urea groups is 1.